The maximum Gasteiger partial charge on any atom is 0.168 e. The Morgan fingerprint density at radius 1 is 0.576 bits per heavy atom. The van der Waals surface area contributed by atoms with E-state index in [-0.39, 0.29) is 5.41 Å². The summed E-state index contributed by atoms with van der Waals surface area (Å²) in [6.07, 6.45) is 1.78. The van der Waals surface area contributed by atoms with Crippen LogP contribution < -0.4 is 0 Å². The molecule has 0 unspecified atom stereocenters. The minimum Gasteiger partial charge on any atom is -0.282 e. The zero-order valence-electron chi connectivity index (χ0n) is 19.2. The Morgan fingerprint density at radius 3 is 1.85 bits per heavy atom. The highest BCUT2D eigenvalue weighted by molar-refractivity contribution is 5.70. The Balaban J connectivity index is 1.46. The van der Waals surface area contributed by atoms with Crippen LogP contribution in [0.15, 0.2) is 109 Å². The molecule has 4 aromatic carbocycles. The van der Waals surface area contributed by atoms with Crippen LogP contribution in [0.25, 0.3) is 39.3 Å². The molecule has 0 atom stereocenters. The van der Waals surface area contributed by atoms with Gasteiger partial charge in [0.25, 0.3) is 0 Å². The van der Waals surface area contributed by atoms with Crippen LogP contribution in [0.5, 0.6) is 0 Å². The zero-order chi connectivity index (χ0) is 22.8. The minimum atomic E-state index is 0.147. The third-order valence-corrected chi connectivity index (χ3v) is 6.01. The highest BCUT2D eigenvalue weighted by atomic mass is 15.3. The van der Waals surface area contributed by atoms with Gasteiger partial charge in [-0.1, -0.05) is 112 Å². The molecule has 3 nitrogen and oxygen atoms in total. The van der Waals surface area contributed by atoms with Gasteiger partial charge in [-0.2, -0.15) is 0 Å². The molecule has 1 heterocycles. The van der Waals surface area contributed by atoms with Crippen molar-refractivity contribution in [2.24, 2.45) is 0 Å². The maximum atomic E-state index is 4.42. The van der Waals surface area contributed by atoms with Gasteiger partial charge < -0.3 is 0 Å². The Morgan fingerprint density at radius 2 is 1.15 bits per heavy atom. The van der Waals surface area contributed by atoms with Crippen molar-refractivity contribution in [1.29, 1.82) is 0 Å². The second-order valence-corrected chi connectivity index (χ2v) is 9.35. The first-order valence-corrected chi connectivity index (χ1v) is 11.3. The van der Waals surface area contributed by atoms with Crippen molar-refractivity contribution in [2.75, 3.05) is 0 Å². The van der Waals surface area contributed by atoms with E-state index in [1.165, 1.54) is 27.8 Å². The van der Waals surface area contributed by atoms with Gasteiger partial charge in [0, 0.05) is 11.3 Å². The van der Waals surface area contributed by atoms with Crippen LogP contribution >= 0.6 is 0 Å². The monoisotopic (exact) mass is 429 g/mol. The fourth-order valence-corrected chi connectivity index (χ4v) is 4.06. The van der Waals surface area contributed by atoms with Crippen LogP contribution in [0.3, 0.4) is 0 Å². The predicted molar refractivity (Wildman–Crippen MR) is 136 cm³/mol. The van der Waals surface area contributed by atoms with E-state index < -0.39 is 0 Å². The highest BCUT2D eigenvalue weighted by Crippen LogP contribution is 2.29. The largest absolute Gasteiger partial charge is 0.282 e. The summed E-state index contributed by atoms with van der Waals surface area (Å²) < 4.78 is 2.05. The Hall–Kier alpha value is -3.98. The molecule has 0 saturated carbocycles. The van der Waals surface area contributed by atoms with E-state index in [9.17, 15) is 0 Å². The Labute approximate surface area is 195 Å². The van der Waals surface area contributed by atoms with Crippen molar-refractivity contribution >= 4 is 0 Å². The molecule has 0 saturated heterocycles. The molecule has 0 radical (unpaired) electrons. The lowest BCUT2D eigenvalue weighted by Crippen LogP contribution is -2.10. The van der Waals surface area contributed by atoms with E-state index in [1.54, 1.807) is 6.33 Å². The molecule has 0 aliphatic heterocycles. The summed E-state index contributed by atoms with van der Waals surface area (Å²) in [7, 11) is 0. The number of aromatic nitrogens is 3. The summed E-state index contributed by atoms with van der Waals surface area (Å²) >= 11 is 0. The summed E-state index contributed by atoms with van der Waals surface area (Å²) in [5.41, 5.74) is 8.32. The van der Waals surface area contributed by atoms with Crippen LogP contribution in [0.2, 0.25) is 0 Å². The number of rotatable bonds is 4. The molecule has 5 rings (SSSR count). The normalized spacial score (nSPS) is 11.5. The Bertz CT molecular complexity index is 1360. The first-order chi connectivity index (χ1) is 16.0. The van der Waals surface area contributed by atoms with E-state index in [4.69, 9.17) is 0 Å². The van der Waals surface area contributed by atoms with Crippen LogP contribution in [-0.2, 0) is 5.41 Å². The average Bonchev–Trinajstić information content (AvgIpc) is 3.34. The van der Waals surface area contributed by atoms with Gasteiger partial charge in [-0.15, -0.1) is 10.2 Å². The minimum absolute atomic E-state index is 0.147. The van der Waals surface area contributed by atoms with Crippen LogP contribution in [0, 0.1) is 0 Å². The van der Waals surface area contributed by atoms with Crippen molar-refractivity contribution < 1.29 is 0 Å². The molecule has 1 aromatic heterocycles. The van der Waals surface area contributed by atoms with Crippen molar-refractivity contribution in [3.63, 3.8) is 0 Å². The van der Waals surface area contributed by atoms with Gasteiger partial charge >= 0.3 is 0 Å². The second-order valence-electron chi connectivity index (χ2n) is 9.35. The van der Waals surface area contributed by atoms with Crippen LogP contribution in [0.1, 0.15) is 26.3 Å². The molecule has 0 aliphatic rings. The van der Waals surface area contributed by atoms with Gasteiger partial charge in [0.15, 0.2) is 5.82 Å². The van der Waals surface area contributed by atoms with E-state index in [0.29, 0.717) is 0 Å². The van der Waals surface area contributed by atoms with E-state index in [0.717, 1.165) is 17.1 Å². The van der Waals surface area contributed by atoms with Crippen LogP contribution in [0.4, 0.5) is 0 Å². The lowest BCUT2D eigenvalue weighted by molar-refractivity contribution is 0.590. The fraction of sp³-hybridized carbons (Fsp3) is 0.133. The van der Waals surface area contributed by atoms with Gasteiger partial charge in [0.1, 0.15) is 6.33 Å². The quantitative estimate of drug-likeness (QED) is 0.295. The maximum absolute atomic E-state index is 4.42. The fourth-order valence-electron chi connectivity index (χ4n) is 4.06. The molecule has 0 amide bonds. The smallest absolute Gasteiger partial charge is 0.168 e. The van der Waals surface area contributed by atoms with Gasteiger partial charge in [0.2, 0.25) is 0 Å². The second kappa shape index (κ2) is 8.51. The van der Waals surface area contributed by atoms with E-state index in [1.807, 2.05) is 10.6 Å². The standard InChI is InChI=1S/C30H27N3/c1-30(2,3)27-18-16-24(17-19-27)26-10-7-11-28(20-26)33-21-31-32-29(33)25-14-12-23(13-15-25)22-8-5-4-6-9-22/h4-21H,1-3H3. The van der Waals surface area contributed by atoms with Gasteiger partial charge in [-0.3, -0.25) is 4.57 Å². The Kier molecular flexibility index (Phi) is 5.39. The number of nitrogens with zero attached hydrogens (tertiary/aromatic N) is 3. The van der Waals surface area contributed by atoms with Gasteiger partial charge in [-0.25, -0.2) is 0 Å². The number of hydrogen-bond acceptors (Lipinski definition) is 2. The topological polar surface area (TPSA) is 30.7 Å². The summed E-state index contributed by atoms with van der Waals surface area (Å²) in [6.45, 7) is 6.72. The molecule has 162 valence electrons. The molecule has 0 N–H and O–H groups in total. The third-order valence-electron chi connectivity index (χ3n) is 6.01. The van der Waals surface area contributed by atoms with E-state index in [2.05, 4.69) is 128 Å². The van der Waals surface area contributed by atoms with Crippen molar-refractivity contribution in [1.82, 2.24) is 14.8 Å². The average molecular weight is 430 g/mol. The molecule has 33 heavy (non-hydrogen) atoms. The van der Waals surface area contributed by atoms with Crippen molar-refractivity contribution in [3.8, 4) is 39.3 Å². The lowest BCUT2D eigenvalue weighted by Gasteiger charge is -2.19. The van der Waals surface area contributed by atoms with Gasteiger partial charge in [-0.05, 0) is 45.4 Å². The summed E-state index contributed by atoms with van der Waals surface area (Å²) in [5.74, 6) is 0.829. The third kappa shape index (κ3) is 4.35. The first kappa shape index (κ1) is 20.9. The molecule has 0 bridgehead atoms. The molecule has 5 aromatic rings. The summed E-state index contributed by atoms with van der Waals surface area (Å²) in [6, 6.07) is 36.3. The first-order valence-electron chi connectivity index (χ1n) is 11.3. The number of benzene rings is 4. The predicted octanol–water partition coefficient (Wildman–Crippen LogP) is 7.57. The molecule has 0 spiro atoms. The summed E-state index contributed by atoms with van der Waals surface area (Å²) in [5, 5.41) is 8.63. The van der Waals surface area contributed by atoms with Crippen LogP contribution in [-0.4, -0.2) is 14.8 Å². The molecule has 3 heteroatoms. The molecular weight excluding hydrogens is 402 g/mol. The molecule has 0 fully saturated rings. The van der Waals surface area contributed by atoms with Crippen molar-refractivity contribution in [3.05, 3.63) is 115 Å². The SMILES string of the molecule is CC(C)(C)c1ccc(-c2cccc(-n3cnnc3-c3ccc(-c4ccccc4)cc3)c2)cc1. The molecular formula is C30H27N3. The van der Waals surface area contributed by atoms with E-state index >= 15 is 0 Å². The van der Waals surface area contributed by atoms with Crippen molar-refractivity contribution in [2.45, 2.75) is 26.2 Å². The molecule has 0 aliphatic carbocycles. The highest BCUT2D eigenvalue weighted by Gasteiger charge is 2.14. The zero-order valence-corrected chi connectivity index (χ0v) is 19.2. The number of hydrogen-bond donors (Lipinski definition) is 0. The lowest BCUT2D eigenvalue weighted by atomic mass is 9.86. The summed E-state index contributed by atoms with van der Waals surface area (Å²) in [4.78, 5) is 0. The van der Waals surface area contributed by atoms with Gasteiger partial charge in [0.05, 0.1) is 0 Å².